The maximum Gasteiger partial charge on any atom is 0.256 e. The first-order valence-electron chi connectivity index (χ1n) is 10.7. The molecule has 0 aliphatic heterocycles. The van der Waals surface area contributed by atoms with Gasteiger partial charge in [0.1, 0.15) is 17.3 Å². The molecule has 2 N–H and O–H groups in total. The van der Waals surface area contributed by atoms with E-state index in [4.69, 9.17) is 4.74 Å². The topological polar surface area (TPSA) is 102 Å². The lowest BCUT2D eigenvalue weighted by Gasteiger charge is -2.11. The number of H-pyrrole nitrogens is 1. The molecule has 0 aliphatic carbocycles. The third-order valence-corrected chi connectivity index (χ3v) is 5.87. The average Bonchev–Trinajstić information content (AvgIpc) is 3.43. The van der Waals surface area contributed by atoms with Crippen molar-refractivity contribution >= 4 is 23.1 Å². The zero-order chi connectivity index (χ0) is 23.5. The van der Waals surface area contributed by atoms with Crippen LogP contribution in [-0.4, -0.2) is 31.8 Å². The van der Waals surface area contributed by atoms with Crippen molar-refractivity contribution in [2.24, 2.45) is 0 Å². The Morgan fingerprint density at radius 1 is 1.24 bits per heavy atom. The number of nitrogens with one attached hydrogen (secondary N) is 2. The Labute approximate surface area is 195 Å². The Kier molecular flexibility index (Phi) is 6.41. The van der Waals surface area contributed by atoms with Crippen molar-refractivity contribution in [3.63, 3.8) is 0 Å². The molecule has 1 aromatic carbocycles. The van der Waals surface area contributed by atoms with E-state index in [-0.39, 0.29) is 23.5 Å². The standard InChI is InChI=1S/C24H25N5O3S/c1-5-18-15(4)25-24(27-23(18)31)29-21(13-19(28-29)20-7-6-12-33-20)26-22(30)16-8-10-17(11-9-16)32-14(2)3/h6-14H,5H2,1-4H3,(H,26,30)(H,25,27,31). The summed E-state index contributed by atoms with van der Waals surface area (Å²) < 4.78 is 7.10. The number of thiophene rings is 1. The Morgan fingerprint density at radius 3 is 2.61 bits per heavy atom. The highest BCUT2D eigenvalue weighted by molar-refractivity contribution is 7.13. The fraction of sp³-hybridized carbons (Fsp3) is 0.250. The molecule has 4 aromatic rings. The number of hydrogen-bond donors (Lipinski definition) is 2. The van der Waals surface area contributed by atoms with Gasteiger partial charge in [-0.1, -0.05) is 13.0 Å². The van der Waals surface area contributed by atoms with Gasteiger partial charge in [0.25, 0.3) is 11.5 Å². The van der Waals surface area contributed by atoms with Crippen molar-refractivity contribution in [3.05, 3.63) is 75.0 Å². The average molecular weight is 464 g/mol. The number of ether oxygens (including phenoxy) is 1. The van der Waals surface area contributed by atoms with Crippen LogP contribution in [0.3, 0.4) is 0 Å². The molecule has 8 nitrogen and oxygen atoms in total. The molecule has 0 saturated heterocycles. The number of carbonyl (C=O) groups excluding carboxylic acids is 1. The van der Waals surface area contributed by atoms with E-state index in [1.165, 1.54) is 16.0 Å². The maximum atomic E-state index is 13.0. The first kappa shape index (κ1) is 22.5. The third kappa shape index (κ3) is 4.88. The molecule has 33 heavy (non-hydrogen) atoms. The molecule has 3 heterocycles. The van der Waals surface area contributed by atoms with Crippen molar-refractivity contribution < 1.29 is 9.53 Å². The maximum absolute atomic E-state index is 13.0. The molecule has 0 aliphatic rings. The van der Waals surface area contributed by atoms with E-state index in [1.807, 2.05) is 38.3 Å². The van der Waals surface area contributed by atoms with E-state index < -0.39 is 0 Å². The number of anilines is 1. The van der Waals surface area contributed by atoms with Crippen LogP contribution < -0.4 is 15.6 Å². The van der Waals surface area contributed by atoms with Crippen molar-refractivity contribution in [3.8, 4) is 22.3 Å². The van der Waals surface area contributed by atoms with Crippen molar-refractivity contribution in [1.82, 2.24) is 19.7 Å². The highest BCUT2D eigenvalue weighted by atomic mass is 32.1. The number of aromatic nitrogens is 4. The van der Waals surface area contributed by atoms with E-state index in [1.54, 1.807) is 37.3 Å². The first-order chi connectivity index (χ1) is 15.9. The lowest BCUT2D eigenvalue weighted by atomic mass is 10.2. The second-order valence-corrected chi connectivity index (χ2v) is 8.70. The number of amides is 1. The van der Waals surface area contributed by atoms with E-state index >= 15 is 0 Å². The lowest BCUT2D eigenvalue weighted by molar-refractivity contribution is 0.102. The zero-order valence-electron chi connectivity index (χ0n) is 18.9. The van der Waals surface area contributed by atoms with Crippen LogP contribution in [0, 0.1) is 6.92 Å². The molecule has 1 amide bonds. The van der Waals surface area contributed by atoms with E-state index in [0.29, 0.717) is 40.5 Å². The second kappa shape index (κ2) is 9.41. The quantitative estimate of drug-likeness (QED) is 0.417. The SMILES string of the molecule is CCc1c(C)nc(-n2nc(-c3cccs3)cc2NC(=O)c2ccc(OC(C)C)cc2)[nH]c1=O. The molecule has 9 heteroatoms. The molecule has 170 valence electrons. The van der Waals surface area contributed by atoms with Gasteiger partial charge in [0, 0.05) is 22.9 Å². The molecule has 0 saturated carbocycles. The zero-order valence-corrected chi connectivity index (χ0v) is 19.7. The predicted octanol–water partition coefficient (Wildman–Crippen LogP) is 4.59. The van der Waals surface area contributed by atoms with E-state index in [0.717, 1.165) is 4.88 Å². The highest BCUT2D eigenvalue weighted by Gasteiger charge is 2.18. The van der Waals surface area contributed by atoms with Gasteiger partial charge < -0.3 is 10.1 Å². The van der Waals surface area contributed by atoms with Crippen LogP contribution in [-0.2, 0) is 6.42 Å². The molecule has 0 radical (unpaired) electrons. The van der Waals surface area contributed by atoms with Crippen LogP contribution in [0.1, 0.15) is 42.4 Å². The van der Waals surface area contributed by atoms with Gasteiger partial charge in [-0.05, 0) is 62.9 Å². The fourth-order valence-electron chi connectivity index (χ4n) is 3.43. The Bertz CT molecular complexity index is 1320. The molecular weight excluding hydrogens is 438 g/mol. The molecule has 3 aromatic heterocycles. The van der Waals surface area contributed by atoms with Crippen molar-refractivity contribution in [2.45, 2.75) is 40.2 Å². The lowest BCUT2D eigenvalue weighted by Crippen LogP contribution is -2.22. The van der Waals surface area contributed by atoms with Crippen molar-refractivity contribution in [2.75, 3.05) is 5.32 Å². The predicted molar refractivity (Wildman–Crippen MR) is 130 cm³/mol. The van der Waals surface area contributed by atoms with E-state index in [2.05, 4.69) is 20.4 Å². The van der Waals surface area contributed by atoms with Crippen molar-refractivity contribution in [1.29, 1.82) is 0 Å². The molecule has 0 spiro atoms. The molecule has 4 rings (SSSR count). The van der Waals surface area contributed by atoms with Crippen LogP contribution in [0.4, 0.5) is 5.82 Å². The van der Waals surface area contributed by atoms with Crippen LogP contribution in [0.2, 0.25) is 0 Å². The van der Waals surface area contributed by atoms with Gasteiger partial charge in [-0.3, -0.25) is 14.6 Å². The van der Waals surface area contributed by atoms with Crippen LogP contribution in [0.25, 0.3) is 16.5 Å². The normalized spacial score (nSPS) is 11.1. The summed E-state index contributed by atoms with van der Waals surface area (Å²) in [5, 5.41) is 9.46. The van der Waals surface area contributed by atoms with Crippen LogP contribution in [0.15, 0.2) is 52.6 Å². The third-order valence-electron chi connectivity index (χ3n) is 4.98. The highest BCUT2D eigenvalue weighted by Crippen LogP contribution is 2.27. The largest absolute Gasteiger partial charge is 0.491 e. The Balaban J connectivity index is 1.70. The van der Waals surface area contributed by atoms with Gasteiger partial charge in [0.2, 0.25) is 5.95 Å². The van der Waals surface area contributed by atoms with Crippen LogP contribution in [0.5, 0.6) is 5.75 Å². The number of hydrogen-bond acceptors (Lipinski definition) is 6. The van der Waals surface area contributed by atoms with Crippen LogP contribution >= 0.6 is 11.3 Å². The summed E-state index contributed by atoms with van der Waals surface area (Å²) in [6.45, 7) is 7.59. The van der Waals surface area contributed by atoms with E-state index in [9.17, 15) is 9.59 Å². The number of aryl methyl sites for hydroxylation is 1. The summed E-state index contributed by atoms with van der Waals surface area (Å²) in [6, 6.07) is 12.6. The monoisotopic (exact) mass is 463 g/mol. The Hall–Kier alpha value is -3.72. The number of carbonyl (C=O) groups is 1. The minimum absolute atomic E-state index is 0.0481. The molecule has 0 fully saturated rings. The smallest absolute Gasteiger partial charge is 0.256 e. The summed E-state index contributed by atoms with van der Waals surface area (Å²) in [5.41, 5.74) is 2.17. The summed E-state index contributed by atoms with van der Waals surface area (Å²) in [4.78, 5) is 33.8. The van der Waals surface area contributed by atoms with Gasteiger partial charge in [-0.25, -0.2) is 4.98 Å². The minimum Gasteiger partial charge on any atom is -0.491 e. The van der Waals surface area contributed by atoms with Gasteiger partial charge in [-0.15, -0.1) is 11.3 Å². The minimum atomic E-state index is -0.311. The summed E-state index contributed by atoms with van der Waals surface area (Å²) in [7, 11) is 0. The molecular formula is C24H25N5O3S. The number of rotatable bonds is 7. The molecule has 0 bridgehead atoms. The number of nitrogens with zero attached hydrogens (tertiary/aromatic N) is 3. The molecule has 0 atom stereocenters. The van der Waals surface area contributed by atoms with Gasteiger partial charge in [-0.2, -0.15) is 9.78 Å². The first-order valence-corrected chi connectivity index (χ1v) is 11.6. The molecule has 0 unspecified atom stereocenters. The summed E-state index contributed by atoms with van der Waals surface area (Å²) in [5.74, 6) is 1.03. The Morgan fingerprint density at radius 2 is 2.00 bits per heavy atom. The second-order valence-electron chi connectivity index (χ2n) is 7.76. The summed E-state index contributed by atoms with van der Waals surface area (Å²) in [6.07, 6.45) is 0.626. The van der Waals surface area contributed by atoms with Gasteiger partial charge >= 0.3 is 0 Å². The fourth-order valence-corrected chi connectivity index (χ4v) is 4.12. The number of aromatic amines is 1. The summed E-state index contributed by atoms with van der Waals surface area (Å²) >= 11 is 1.53. The number of benzene rings is 1. The van der Waals surface area contributed by atoms with Gasteiger partial charge in [0.05, 0.1) is 11.0 Å². The van der Waals surface area contributed by atoms with Gasteiger partial charge in [0.15, 0.2) is 0 Å².